The average molecular weight is 267 g/mol. The molecule has 19 heavy (non-hydrogen) atoms. The summed E-state index contributed by atoms with van der Waals surface area (Å²) in [6.07, 6.45) is 3.73. The summed E-state index contributed by atoms with van der Waals surface area (Å²) in [5.74, 6) is 0. The number of likely N-dealkylation sites (tertiary alicyclic amines) is 1. The third kappa shape index (κ3) is 3.47. The molecule has 6 heteroatoms. The van der Waals surface area contributed by atoms with Crippen LogP contribution in [0, 0.1) is 0 Å². The van der Waals surface area contributed by atoms with Crippen LogP contribution in [0.15, 0.2) is 12.4 Å². The molecule has 0 radical (unpaired) electrons. The molecule has 1 aromatic rings. The van der Waals surface area contributed by atoms with Crippen LogP contribution in [0.4, 0.5) is 4.79 Å². The first-order valence-electron chi connectivity index (χ1n) is 6.35. The summed E-state index contributed by atoms with van der Waals surface area (Å²) in [7, 11) is 1.83. The van der Waals surface area contributed by atoms with Crippen LogP contribution < -0.4 is 0 Å². The molecule has 2 rings (SSSR count). The second-order valence-electron chi connectivity index (χ2n) is 6.26. The number of β-amino-alcohol motifs (C(OH)–C–C–N with tert-alkyl or cyclic N) is 1. The van der Waals surface area contributed by atoms with Gasteiger partial charge in [-0.05, 0) is 26.3 Å². The molecule has 6 nitrogen and oxygen atoms in total. The van der Waals surface area contributed by atoms with Crippen LogP contribution in [0.2, 0.25) is 0 Å². The molecule has 1 N–H and O–H groups in total. The van der Waals surface area contributed by atoms with E-state index in [2.05, 4.69) is 5.10 Å². The predicted octanol–water partition coefficient (Wildman–Crippen LogP) is 0.944. The zero-order valence-corrected chi connectivity index (χ0v) is 11.9. The fourth-order valence-electron chi connectivity index (χ4n) is 2.17. The second kappa shape index (κ2) is 4.52. The van der Waals surface area contributed by atoms with Crippen LogP contribution in [-0.2, 0) is 18.2 Å². The summed E-state index contributed by atoms with van der Waals surface area (Å²) < 4.78 is 6.95. The maximum atomic E-state index is 11.8. The number of carbonyl (C=O) groups is 1. The van der Waals surface area contributed by atoms with Crippen LogP contribution in [0.3, 0.4) is 0 Å². The van der Waals surface area contributed by atoms with Crippen LogP contribution in [0.1, 0.15) is 26.3 Å². The van der Waals surface area contributed by atoms with Crippen molar-refractivity contribution in [3.8, 4) is 0 Å². The van der Waals surface area contributed by atoms with Crippen molar-refractivity contribution in [2.24, 2.45) is 7.05 Å². The Kier molecular flexibility index (Phi) is 3.30. The van der Waals surface area contributed by atoms with E-state index in [1.807, 2.05) is 34.0 Å². The minimum atomic E-state index is -0.861. The number of nitrogens with zero attached hydrogens (tertiary/aromatic N) is 3. The number of aliphatic hydroxyl groups is 1. The SMILES string of the molecule is Cn1cc(CC2(O)CN(C(=O)OC(C)(C)C)C2)cn1. The van der Waals surface area contributed by atoms with E-state index in [-0.39, 0.29) is 6.09 Å². The third-order valence-electron chi connectivity index (χ3n) is 2.91. The smallest absolute Gasteiger partial charge is 0.410 e. The number of aromatic nitrogens is 2. The van der Waals surface area contributed by atoms with Gasteiger partial charge in [0.2, 0.25) is 0 Å². The Morgan fingerprint density at radius 1 is 1.53 bits per heavy atom. The lowest BCUT2D eigenvalue weighted by Gasteiger charge is -2.46. The number of carbonyl (C=O) groups excluding carboxylic acids is 1. The topological polar surface area (TPSA) is 67.6 Å². The number of hydrogen-bond acceptors (Lipinski definition) is 4. The van der Waals surface area contributed by atoms with E-state index < -0.39 is 11.2 Å². The van der Waals surface area contributed by atoms with Crippen molar-refractivity contribution in [1.29, 1.82) is 0 Å². The lowest BCUT2D eigenvalue weighted by Crippen LogP contribution is -2.65. The van der Waals surface area contributed by atoms with Gasteiger partial charge in [-0.2, -0.15) is 5.10 Å². The van der Waals surface area contributed by atoms with Gasteiger partial charge in [0.1, 0.15) is 11.2 Å². The highest BCUT2D eigenvalue weighted by Gasteiger charge is 2.45. The molecule has 0 unspecified atom stereocenters. The summed E-state index contributed by atoms with van der Waals surface area (Å²) >= 11 is 0. The van der Waals surface area contributed by atoms with Gasteiger partial charge < -0.3 is 14.7 Å². The van der Waals surface area contributed by atoms with Crippen molar-refractivity contribution in [1.82, 2.24) is 14.7 Å². The molecule has 1 aliphatic heterocycles. The highest BCUT2D eigenvalue weighted by molar-refractivity contribution is 5.69. The molecule has 1 aliphatic rings. The molecule has 0 spiro atoms. The fourth-order valence-corrected chi connectivity index (χ4v) is 2.17. The Labute approximate surface area is 113 Å². The lowest BCUT2D eigenvalue weighted by atomic mass is 9.88. The molecular weight excluding hydrogens is 246 g/mol. The lowest BCUT2D eigenvalue weighted by molar-refractivity contribution is -0.0973. The molecule has 1 aromatic heterocycles. The van der Waals surface area contributed by atoms with Gasteiger partial charge in [0.15, 0.2) is 0 Å². The van der Waals surface area contributed by atoms with Gasteiger partial charge in [-0.15, -0.1) is 0 Å². The van der Waals surface area contributed by atoms with E-state index in [4.69, 9.17) is 4.74 Å². The van der Waals surface area contributed by atoms with E-state index in [9.17, 15) is 9.90 Å². The Hall–Kier alpha value is -1.56. The first-order valence-corrected chi connectivity index (χ1v) is 6.35. The maximum Gasteiger partial charge on any atom is 0.410 e. The largest absolute Gasteiger partial charge is 0.444 e. The zero-order chi connectivity index (χ0) is 14.3. The average Bonchev–Trinajstić information content (AvgIpc) is 2.57. The Morgan fingerprint density at radius 3 is 2.63 bits per heavy atom. The molecule has 0 aliphatic carbocycles. The molecule has 0 bridgehead atoms. The summed E-state index contributed by atoms with van der Waals surface area (Å²) in [5, 5.41) is 14.4. The normalized spacial score (nSPS) is 18.1. The zero-order valence-electron chi connectivity index (χ0n) is 11.9. The van der Waals surface area contributed by atoms with Gasteiger partial charge in [-0.3, -0.25) is 4.68 Å². The maximum absolute atomic E-state index is 11.8. The van der Waals surface area contributed by atoms with Gasteiger partial charge in [0.25, 0.3) is 0 Å². The monoisotopic (exact) mass is 267 g/mol. The van der Waals surface area contributed by atoms with Gasteiger partial charge in [-0.1, -0.05) is 0 Å². The molecule has 0 saturated carbocycles. The molecule has 1 saturated heterocycles. The highest BCUT2D eigenvalue weighted by Crippen LogP contribution is 2.26. The molecule has 1 amide bonds. The number of amides is 1. The van der Waals surface area contributed by atoms with E-state index >= 15 is 0 Å². The Morgan fingerprint density at radius 2 is 2.16 bits per heavy atom. The van der Waals surface area contributed by atoms with E-state index in [0.29, 0.717) is 19.5 Å². The quantitative estimate of drug-likeness (QED) is 0.866. The van der Waals surface area contributed by atoms with E-state index in [1.54, 1.807) is 10.9 Å². The van der Waals surface area contributed by atoms with Crippen LogP contribution in [0.25, 0.3) is 0 Å². The van der Waals surface area contributed by atoms with Crippen molar-refractivity contribution in [3.05, 3.63) is 18.0 Å². The molecule has 0 aromatic carbocycles. The molecular formula is C13H21N3O3. The van der Waals surface area contributed by atoms with Crippen LogP contribution >= 0.6 is 0 Å². The van der Waals surface area contributed by atoms with Crippen LogP contribution in [0.5, 0.6) is 0 Å². The first kappa shape index (κ1) is 13.9. The molecule has 106 valence electrons. The number of rotatable bonds is 2. The van der Waals surface area contributed by atoms with Gasteiger partial charge >= 0.3 is 6.09 Å². The van der Waals surface area contributed by atoms with Gasteiger partial charge in [0.05, 0.1) is 19.3 Å². The van der Waals surface area contributed by atoms with Gasteiger partial charge in [0, 0.05) is 19.7 Å². The van der Waals surface area contributed by atoms with Crippen molar-refractivity contribution >= 4 is 6.09 Å². The molecule has 1 fully saturated rings. The summed E-state index contributed by atoms with van der Waals surface area (Å²) in [6, 6.07) is 0. The molecule has 0 atom stereocenters. The minimum Gasteiger partial charge on any atom is -0.444 e. The van der Waals surface area contributed by atoms with E-state index in [0.717, 1.165) is 5.56 Å². The number of hydrogen-bond donors (Lipinski definition) is 1. The standard InChI is InChI=1S/C13H21N3O3/c1-12(2,3)19-11(17)16-8-13(18,9-16)5-10-6-14-15(4)7-10/h6-7,18H,5,8-9H2,1-4H3. The summed E-state index contributed by atoms with van der Waals surface area (Å²) in [4.78, 5) is 13.3. The van der Waals surface area contributed by atoms with Gasteiger partial charge in [-0.25, -0.2) is 4.79 Å². The van der Waals surface area contributed by atoms with Crippen LogP contribution in [-0.4, -0.2) is 50.2 Å². The number of ether oxygens (including phenoxy) is 1. The Balaban J connectivity index is 1.86. The van der Waals surface area contributed by atoms with Crippen molar-refractivity contribution in [3.63, 3.8) is 0 Å². The highest BCUT2D eigenvalue weighted by atomic mass is 16.6. The Bertz CT molecular complexity index is 470. The predicted molar refractivity (Wildman–Crippen MR) is 69.7 cm³/mol. The summed E-state index contributed by atoms with van der Waals surface area (Å²) in [5.41, 5.74) is -0.400. The van der Waals surface area contributed by atoms with Crippen molar-refractivity contribution in [2.45, 2.75) is 38.4 Å². The molecule has 2 heterocycles. The number of aryl methyl sites for hydroxylation is 1. The summed E-state index contributed by atoms with van der Waals surface area (Å²) in [6.45, 7) is 6.08. The van der Waals surface area contributed by atoms with Crippen molar-refractivity contribution < 1.29 is 14.6 Å². The fraction of sp³-hybridized carbons (Fsp3) is 0.692. The second-order valence-corrected chi connectivity index (χ2v) is 6.26. The third-order valence-corrected chi connectivity index (χ3v) is 2.91. The first-order chi connectivity index (χ1) is 8.67. The van der Waals surface area contributed by atoms with E-state index in [1.165, 1.54) is 4.90 Å². The minimum absolute atomic E-state index is 0.302. The van der Waals surface area contributed by atoms with Crippen molar-refractivity contribution in [2.75, 3.05) is 13.1 Å².